The van der Waals surface area contributed by atoms with Crippen molar-refractivity contribution in [1.29, 1.82) is 0 Å². The van der Waals surface area contributed by atoms with Gasteiger partial charge in [-0.25, -0.2) is 0 Å². The third-order valence-electron chi connectivity index (χ3n) is 1.53. The van der Waals surface area contributed by atoms with Crippen molar-refractivity contribution in [3.8, 4) is 5.75 Å². The average molecular weight is 238 g/mol. The molecule has 0 spiro atoms. The van der Waals surface area contributed by atoms with Crippen LogP contribution in [-0.4, -0.2) is 24.4 Å². The van der Waals surface area contributed by atoms with Crippen LogP contribution in [0.1, 0.15) is 0 Å². The van der Waals surface area contributed by atoms with Gasteiger partial charge in [0.15, 0.2) is 0 Å². The van der Waals surface area contributed by atoms with Crippen LogP contribution in [-0.2, 0) is 0 Å². The van der Waals surface area contributed by atoms with Crippen LogP contribution in [0.2, 0.25) is 5.02 Å². The van der Waals surface area contributed by atoms with Gasteiger partial charge < -0.3 is 15.6 Å². The fourth-order valence-corrected chi connectivity index (χ4v) is 0.917. The molecule has 0 fully saturated rings. The van der Waals surface area contributed by atoms with Gasteiger partial charge in [-0.05, 0) is 24.3 Å². The molecule has 1 aromatic carbocycles. The Labute approximate surface area is 94.2 Å². The zero-order chi connectivity index (χ0) is 9.68. The molecule has 1 unspecified atom stereocenters. The van der Waals surface area contributed by atoms with E-state index >= 15 is 0 Å². The molecule has 0 aliphatic rings. The van der Waals surface area contributed by atoms with E-state index < -0.39 is 6.10 Å². The molecule has 1 atom stereocenters. The van der Waals surface area contributed by atoms with Crippen molar-refractivity contribution < 1.29 is 9.84 Å². The van der Waals surface area contributed by atoms with Gasteiger partial charge in [-0.15, -0.1) is 12.4 Å². The second kappa shape index (κ2) is 6.90. The first kappa shape index (κ1) is 13.5. The van der Waals surface area contributed by atoms with E-state index in [1.807, 2.05) is 0 Å². The highest BCUT2D eigenvalue weighted by Gasteiger charge is 2.01. The van der Waals surface area contributed by atoms with Crippen LogP contribution in [0.25, 0.3) is 0 Å². The maximum atomic E-state index is 9.10. The summed E-state index contributed by atoms with van der Waals surface area (Å²) in [4.78, 5) is 0. The highest BCUT2D eigenvalue weighted by atomic mass is 35.5. The lowest BCUT2D eigenvalue weighted by Crippen LogP contribution is -2.26. The summed E-state index contributed by atoms with van der Waals surface area (Å²) in [7, 11) is 0. The summed E-state index contributed by atoms with van der Waals surface area (Å²) in [6.45, 7) is 0.408. The third kappa shape index (κ3) is 4.67. The van der Waals surface area contributed by atoms with Crippen molar-refractivity contribution in [1.82, 2.24) is 0 Å². The zero-order valence-corrected chi connectivity index (χ0v) is 9.09. The van der Waals surface area contributed by atoms with Crippen LogP contribution >= 0.6 is 24.0 Å². The number of hydrogen-bond donors (Lipinski definition) is 2. The minimum absolute atomic E-state index is 0. The number of rotatable bonds is 4. The molecule has 0 aliphatic heterocycles. The van der Waals surface area contributed by atoms with E-state index in [4.69, 9.17) is 27.2 Å². The molecule has 0 bridgehead atoms. The summed E-state index contributed by atoms with van der Waals surface area (Å²) in [5, 5.41) is 9.76. The van der Waals surface area contributed by atoms with E-state index in [0.717, 1.165) is 0 Å². The normalized spacial score (nSPS) is 11.6. The van der Waals surface area contributed by atoms with Gasteiger partial charge in [0.25, 0.3) is 0 Å². The van der Waals surface area contributed by atoms with Gasteiger partial charge in [0.05, 0.1) is 0 Å². The van der Waals surface area contributed by atoms with Crippen LogP contribution in [0.15, 0.2) is 24.3 Å². The predicted octanol–water partition coefficient (Wildman–Crippen LogP) is 1.46. The molecule has 0 amide bonds. The average Bonchev–Trinajstić information content (AvgIpc) is 2.16. The van der Waals surface area contributed by atoms with Gasteiger partial charge in [-0.1, -0.05) is 11.6 Å². The molecule has 0 saturated heterocycles. The van der Waals surface area contributed by atoms with Crippen LogP contribution in [0.4, 0.5) is 0 Å². The lowest BCUT2D eigenvalue weighted by Gasteiger charge is -2.09. The smallest absolute Gasteiger partial charge is 0.119 e. The largest absolute Gasteiger partial charge is 0.491 e. The molecule has 0 aromatic heterocycles. The Morgan fingerprint density at radius 2 is 1.93 bits per heavy atom. The Morgan fingerprint density at radius 3 is 2.43 bits per heavy atom. The quantitative estimate of drug-likeness (QED) is 0.834. The standard InChI is InChI=1S/C9H12ClNO2.ClH/c10-7-1-3-9(4-2-7)13-6-8(12)5-11;/h1-4,8,12H,5-6,11H2;1H. The number of benzene rings is 1. The molecule has 0 aliphatic carbocycles. The molecule has 3 N–H and O–H groups in total. The van der Waals surface area contributed by atoms with E-state index in [1.54, 1.807) is 24.3 Å². The highest BCUT2D eigenvalue weighted by molar-refractivity contribution is 6.30. The first-order valence-electron chi connectivity index (χ1n) is 3.99. The van der Waals surface area contributed by atoms with E-state index in [2.05, 4.69) is 0 Å². The lowest BCUT2D eigenvalue weighted by atomic mass is 10.3. The van der Waals surface area contributed by atoms with Gasteiger partial charge in [-0.2, -0.15) is 0 Å². The molecule has 0 saturated carbocycles. The van der Waals surface area contributed by atoms with Crippen molar-refractivity contribution in [2.45, 2.75) is 6.10 Å². The Kier molecular flexibility index (Phi) is 6.66. The minimum atomic E-state index is -0.615. The van der Waals surface area contributed by atoms with Gasteiger partial charge in [0.1, 0.15) is 18.5 Å². The number of nitrogens with two attached hydrogens (primary N) is 1. The number of aliphatic hydroxyl groups excluding tert-OH is 1. The van der Waals surface area contributed by atoms with E-state index in [9.17, 15) is 0 Å². The SMILES string of the molecule is Cl.NCC(O)COc1ccc(Cl)cc1. The van der Waals surface area contributed by atoms with Crippen LogP contribution < -0.4 is 10.5 Å². The summed E-state index contributed by atoms with van der Waals surface area (Å²) in [5.41, 5.74) is 5.21. The van der Waals surface area contributed by atoms with Crippen molar-refractivity contribution >= 4 is 24.0 Å². The van der Waals surface area contributed by atoms with Crippen molar-refractivity contribution in [3.05, 3.63) is 29.3 Å². The van der Waals surface area contributed by atoms with Crippen LogP contribution in [0.3, 0.4) is 0 Å². The third-order valence-corrected chi connectivity index (χ3v) is 1.78. The molecule has 14 heavy (non-hydrogen) atoms. The van der Waals surface area contributed by atoms with Crippen molar-refractivity contribution in [2.24, 2.45) is 5.73 Å². The van der Waals surface area contributed by atoms with Gasteiger partial charge >= 0.3 is 0 Å². The fourth-order valence-electron chi connectivity index (χ4n) is 0.791. The number of aliphatic hydroxyl groups is 1. The van der Waals surface area contributed by atoms with Gasteiger partial charge in [-0.3, -0.25) is 0 Å². The second-order valence-electron chi connectivity index (χ2n) is 2.65. The Morgan fingerprint density at radius 1 is 1.36 bits per heavy atom. The first-order valence-corrected chi connectivity index (χ1v) is 4.36. The summed E-state index contributed by atoms with van der Waals surface area (Å²) >= 11 is 5.68. The van der Waals surface area contributed by atoms with Crippen LogP contribution in [0.5, 0.6) is 5.75 Å². The maximum Gasteiger partial charge on any atom is 0.119 e. The molecular formula is C9H13Cl2NO2. The second-order valence-corrected chi connectivity index (χ2v) is 3.09. The topological polar surface area (TPSA) is 55.5 Å². The zero-order valence-electron chi connectivity index (χ0n) is 7.52. The summed E-state index contributed by atoms with van der Waals surface area (Å²) < 4.78 is 5.23. The molecule has 5 heteroatoms. The highest BCUT2D eigenvalue weighted by Crippen LogP contribution is 2.15. The van der Waals surface area contributed by atoms with Gasteiger partial charge in [0, 0.05) is 11.6 Å². The summed E-state index contributed by atoms with van der Waals surface area (Å²) in [6.07, 6.45) is -0.615. The van der Waals surface area contributed by atoms with Crippen LogP contribution in [0, 0.1) is 0 Å². The molecule has 1 aromatic rings. The summed E-state index contributed by atoms with van der Waals surface area (Å²) in [5.74, 6) is 0.678. The van der Waals surface area contributed by atoms with Crippen molar-refractivity contribution in [2.75, 3.05) is 13.2 Å². The Bertz CT molecular complexity index is 253. The van der Waals surface area contributed by atoms with E-state index in [0.29, 0.717) is 10.8 Å². The molecular weight excluding hydrogens is 225 g/mol. The predicted molar refractivity (Wildman–Crippen MR) is 59.3 cm³/mol. The number of hydrogen-bond acceptors (Lipinski definition) is 3. The number of halogens is 2. The molecule has 80 valence electrons. The summed E-state index contributed by atoms with van der Waals surface area (Å²) in [6, 6.07) is 6.94. The first-order chi connectivity index (χ1) is 6.22. The van der Waals surface area contributed by atoms with E-state index in [-0.39, 0.29) is 25.6 Å². The number of ether oxygens (including phenoxy) is 1. The molecule has 0 heterocycles. The molecule has 1 rings (SSSR count). The maximum absolute atomic E-state index is 9.10. The van der Waals surface area contributed by atoms with E-state index in [1.165, 1.54) is 0 Å². The molecule has 3 nitrogen and oxygen atoms in total. The van der Waals surface area contributed by atoms with Crippen molar-refractivity contribution in [3.63, 3.8) is 0 Å². The molecule has 0 radical (unpaired) electrons. The Hall–Kier alpha value is -0.480. The fraction of sp³-hybridized carbons (Fsp3) is 0.333. The monoisotopic (exact) mass is 237 g/mol. The minimum Gasteiger partial charge on any atom is -0.491 e. The lowest BCUT2D eigenvalue weighted by molar-refractivity contribution is 0.114. The Balaban J connectivity index is 0.00000169. The van der Waals surface area contributed by atoms with Gasteiger partial charge in [0.2, 0.25) is 0 Å².